The molecule has 0 amide bonds. The second-order valence-electron chi connectivity index (χ2n) is 7.07. The van der Waals surface area contributed by atoms with Crippen LogP contribution in [0.2, 0.25) is 0 Å². The lowest BCUT2D eigenvalue weighted by molar-refractivity contribution is 0.182. The minimum absolute atomic E-state index is 0.195. The van der Waals surface area contributed by atoms with Crippen LogP contribution in [-0.4, -0.2) is 21.2 Å². The van der Waals surface area contributed by atoms with Crippen LogP contribution in [0.5, 0.6) is 0 Å². The highest BCUT2D eigenvalue weighted by molar-refractivity contribution is 5.82. The molecule has 1 aromatic heterocycles. The van der Waals surface area contributed by atoms with Crippen molar-refractivity contribution in [3.05, 3.63) is 78.2 Å². The largest absolute Gasteiger partial charge is 0.393 e. The van der Waals surface area contributed by atoms with Crippen LogP contribution in [-0.2, 0) is 6.42 Å². The van der Waals surface area contributed by atoms with Crippen molar-refractivity contribution in [2.24, 2.45) is 0 Å². The lowest BCUT2D eigenvalue weighted by Crippen LogP contribution is -1.97. The van der Waals surface area contributed by atoms with Gasteiger partial charge in [0, 0.05) is 5.56 Å². The van der Waals surface area contributed by atoms with Crippen LogP contribution in [0.1, 0.15) is 37.4 Å². The van der Waals surface area contributed by atoms with Gasteiger partial charge in [-0.3, -0.25) is 4.98 Å². The Morgan fingerprint density at radius 2 is 1.97 bits per heavy atom. The molecule has 1 heterocycles. The van der Waals surface area contributed by atoms with E-state index >= 15 is 0 Å². The molecule has 1 N–H and O–H groups in total. The molecule has 29 heavy (non-hydrogen) atoms. The maximum Gasteiger partial charge on any atom is 0.166 e. The Hall–Kier alpha value is -2.92. The monoisotopic (exact) mass is 394 g/mol. The fourth-order valence-electron chi connectivity index (χ4n) is 3.13. The highest BCUT2D eigenvalue weighted by atomic mass is 19.2. The summed E-state index contributed by atoms with van der Waals surface area (Å²) in [6.45, 7) is 5.34. The SMILES string of the molecule is C=CCc1ccc(-c2ccc3nc(/C=C/CCCC(C)O)cnc3c2)c(F)c1F. The number of benzene rings is 2. The molecular formula is C24H24F2N2O. The molecule has 0 spiro atoms. The van der Waals surface area contributed by atoms with E-state index in [2.05, 4.69) is 16.5 Å². The van der Waals surface area contributed by atoms with Gasteiger partial charge in [-0.1, -0.05) is 30.4 Å². The van der Waals surface area contributed by atoms with E-state index in [4.69, 9.17) is 0 Å². The summed E-state index contributed by atoms with van der Waals surface area (Å²) in [5, 5.41) is 9.27. The van der Waals surface area contributed by atoms with Crippen molar-refractivity contribution >= 4 is 17.1 Å². The fraction of sp³-hybridized carbons (Fsp3) is 0.250. The molecule has 2 aromatic carbocycles. The third kappa shape index (κ3) is 5.12. The first-order valence-corrected chi connectivity index (χ1v) is 9.69. The predicted molar refractivity (Wildman–Crippen MR) is 113 cm³/mol. The van der Waals surface area contributed by atoms with Gasteiger partial charge in [0.1, 0.15) is 0 Å². The van der Waals surface area contributed by atoms with Crippen molar-refractivity contribution < 1.29 is 13.9 Å². The van der Waals surface area contributed by atoms with Crippen molar-refractivity contribution in [1.29, 1.82) is 0 Å². The molecule has 0 saturated heterocycles. The van der Waals surface area contributed by atoms with Gasteiger partial charge < -0.3 is 5.11 Å². The molecule has 0 aliphatic rings. The summed E-state index contributed by atoms with van der Waals surface area (Å²) >= 11 is 0. The number of rotatable bonds is 8. The van der Waals surface area contributed by atoms with Crippen molar-refractivity contribution in [2.45, 2.75) is 38.7 Å². The minimum atomic E-state index is -0.867. The molecule has 0 saturated carbocycles. The highest BCUT2D eigenvalue weighted by Gasteiger charge is 2.14. The number of allylic oxidation sites excluding steroid dienone is 2. The summed E-state index contributed by atoms with van der Waals surface area (Å²) < 4.78 is 28.8. The molecule has 0 aliphatic carbocycles. The molecule has 3 aromatic rings. The number of hydrogen-bond acceptors (Lipinski definition) is 3. The normalized spacial score (nSPS) is 12.6. The molecule has 5 heteroatoms. The van der Waals surface area contributed by atoms with Gasteiger partial charge in [-0.25, -0.2) is 13.8 Å². The Bertz CT molecular complexity index is 1040. The lowest BCUT2D eigenvalue weighted by Gasteiger charge is -2.08. The number of hydrogen-bond donors (Lipinski definition) is 1. The van der Waals surface area contributed by atoms with Crippen LogP contribution in [0.4, 0.5) is 8.78 Å². The van der Waals surface area contributed by atoms with E-state index < -0.39 is 11.6 Å². The summed E-state index contributed by atoms with van der Waals surface area (Å²) in [5.41, 5.74) is 3.06. The number of aliphatic hydroxyl groups excluding tert-OH is 1. The van der Waals surface area contributed by atoms with Crippen LogP contribution in [0.3, 0.4) is 0 Å². The van der Waals surface area contributed by atoms with E-state index in [9.17, 15) is 13.9 Å². The maximum absolute atomic E-state index is 14.5. The molecule has 0 aliphatic heterocycles. The topological polar surface area (TPSA) is 46.0 Å². The van der Waals surface area contributed by atoms with Gasteiger partial charge in [-0.2, -0.15) is 0 Å². The van der Waals surface area contributed by atoms with Crippen LogP contribution in [0, 0.1) is 11.6 Å². The average molecular weight is 394 g/mol. The molecule has 1 atom stereocenters. The zero-order chi connectivity index (χ0) is 20.8. The second kappa shape index (κ2) is 9.52. The third-order valence-corrected chi connectivity index (χ3v) is 4.68. The molecule has 0 fully saturated rings. The Kier molecular flexibility index (Phi) is 6.83. The number of aliphatic hydroxyl groups is 1. The van der Waals surface area contributed by atoms with E-state index in [1.165, 1.54) is 0 Å². The maximum atomic E-state index is 14.5. The third-order valence-electron chi connectivity index (χ3n) is 4.68. The molecule has 150 valence electrons. The summed E-state index contributed by atoms with van der Waals surface area (Å²) in [6.07, 6.45) is 9.64. The molecular weight excluding hydrogens is 370 g/mol. The predicted octanol–water partition coefficient (Wildman–Crippen LogP) is 5.87. The summed E-state index contributed by atoms with van der Waals surface area (Å²) in [7, 11) is 0. The van der Waals surface area contributed by atoms with Gasteiger partial charge in [0.2, 0.25) is 0 Å². The average Bonchev–Trinajstić information content (AvgIpc) is 2.71. The molecule has 0 radical (unpaired) electrons. The Balaban J connectivity index is 1.82. The van der Waals surface area contributed by atoms with Crippen molar-refractivity contribution in [1.82, 2.24) is 9.97 Å². The second-order valence-corrected chi connectivity index (χ2v) is 7.07. The number of unbranched alkanes of at least 4 members (excludes halogenated alkanes) is 1. The first-order valence-electron chi connectivity index (χ1n) is 9.69. The quantitative estimate of drug-likeness (QED) is 0.384. The van der Waals surface area contributed by atoms with Gasteiger partial charge in [-0.05, 0) is 61.9 Å². The first kappa shape index (κ1) is 20.8. The van der Waals surface area contributed by atoms with Crippen LogP contribution >= 0.6 is 0 Å². The summed E-state index contributed by atoms with van der Waals surface area (Å²) in [6, 6.07) is 8.35. The van der Waals surface area contributed by atoms with Gasteiger partial charge in [0.05, 0.1) is 29.0 Å². The van der Waals surface area contributed by atoms with Crippen molar-refractivity contribution in [3.8, 4) is 11.1 Å². The highest BCUT2D eigenvalue weighted by Crippen LogP contribution is 2.28. The lowest BCUT2D eigenvalue weighted by atomic mass is 10.0. The molecule has 3 rings (SSSR count). The molecule has 1 unspecified atom stereocenters. The molecule has 0 bridgehead atoms. The van der Waals surface area contributed by atoms with Crippen molar-refractivity contribution in [2.75, 3.05) is 0 Å². The number of aromatic nitrogens is 2. The van der Waals surface area contributed by atoms with Gasteiger partial charge >= 0.3 is 0 Å². The molecule has 3 nitrogen and oxygen atoms in total. The van der Waals surface area contributed by atoms with E-state index in [1.807, 2.05) is 12.2 Å². The Morgan fingerprint density at radius 1 is 1.14 bits per heavy atom. The van der Waals surface area contributed by atoms with E-state index in [-0.39, 0.29) is 23.7 Å². The summed E-state index contributed by atoms with van der Waals surface area (Å²) in [5.74, 6) is -1.71. The Labute approximate surface area is 169 Å². The van der Waals surface area contributed by atoms with Gasteiger partial charge in [0.15, 0.2) is 11.6 Å². The number of halogens is 2. The zero-order valence-electron chi connectivity index (χ0n) is 16.4. The number of nitrogens with zero attached hydrogens (tertiary/aromatic N) is 2. The van der Waals surface area contributed by atoms with Gasteiger partial charge in [-0.15, -0.1) is 6.58 Å². The summed E-state index contributed by atoms with van der Waals surface area (Å²) in [4.78, 5) is 8.95. The first-order chi connectivity index (χ1) is 14.0. The van der Waals surface area contributed by atoms with E-state index in [0.29, 0.717) is 16.6 Å². The fourth-order valence-corrected chi connectivity index (χ4v) is 3.13. The van der Waals surface area contributed by atoms with E-state index in [1.54, 1.807) is 49.5 Å². The van der Waals surface area contributed by atoms with E-state index in [0.717, 1.165) is 25.0 Å². The standard InChI is InChI=1S/C24H24F2N2O/c1-3-7-17-10-12-20(24(26)23(17)25)18-11-13-21-22(14-18)27-15-19(28-21)9-6-4-5-8-16(2)29/h3,6,9-16,29H,1,4-5,7-8H2,2H3/b9-6+. The van der Waals surface area contributed by atoms with Crippen LogP contribution in [0.15, 0.2) is 55.3 Å². The smallest absolute Gasteiger partial charge is 0.166 e. The Morgan fingerprint density at radius 3 is 2.72 bits per heavy atom. The zero-order valence-corrected chi connectivity index (χ0v) is 16.4. The minimum Gasteiger partial charge on any atom is -0.393 e. The van der Waals surface area contributed by atoms with Crippen molar-refractivity contribution in [3.63, 3.8) is 0 Å². The van der Waals surface area contributed by atoms with Gasteiger partial charge in [0.25, 0.3) is 0 Å². The van der Waals surface area contributed by atoms with Crippen LogP contribution in [0.25, 0.3) is 28.2 Å². The van der Waals surface area contributed by atoms with Crippen LogP contribution < -0.4 is 0 Å². The number of fused-ring (bicyclic) bond motifs is 1.